The van der Waals surface area contributed by atoms with Gasteiger partial charge in [-0.2, -0.15) is 5.06 Å². The first-order chi connectivity index (χ1) is 7.75. The van der Waals surface area contributed by atoms with Gasteiger partial charge in [0.25, 0.3) is 0 Å². The molecule has 0 aliphatic carbocycles. The Hall–Kier alpha value is -0.900. The lowest BCUT2D eigenvalue weighted by Gasteiger charge is -2.31. The summed E-state index contributed by atoms with van der Waals surface area (Å²) in [6, 6.07) is 10.2. The largest absolute Gasteiger partial charge is 0.393 e. The number of aliphatic hydroxyl groups excluding tert-OH is 1. The fourth-order valence-corrected chi connectivity index (χ4v) is 1.96. The molecule has 0 aromatic heterocycles. The molecule has 0 radical (unpaired) electrons. The summed E-state index contributed by atoms with van der Waals surface area (Å²) in [4.78, 5) is 5.85. The summed E-state index contributed by atoms with van der Waals surface area (Å²) in [5.41, 5.74) is 1.19. The predicted octanol–water partition coefficient (Wildman–Crippen LogP) is 2.14. The van der Waals surface area contributed by atoms with Crippen molar-refractivity contribution in [1.29, 1.82) is 0 Å². The summed E-state index contributed by atoms with van der Waals surface area (Å²) in [6.07, 6.45) is 1.55. The van der Waals surface area contributed by atoms with Crippen molar-refractivity contribution in [2.45, 2.75) is 32.0 Å². The van der Waals surface area contributed by atoms with Crippen molar-refractivity contribution in [3.63, 3.8) is 0 Å². The zero-order valence-corrected chi connectivity index (χ0v) is 9.67. The standard InChI is InChI=1S/C13H19NO2/c1-11(12-5-3-2-4-6-12)16-14-9-7-13(15)8-10-14/h2-6,11,13,15H,7-10H2,1H3. The predicted molar refractivity (Wildman–Crippen MR) is 62.8 cm³/mol. The molecular weight excluding hydrogens is 202 g/mol. The van der Waals surface area contributed by atoms with Crippen molar-refractivity contribution in [2.75, 3.05) is 13.1 Å². The van der Waals surface area contributed by atoms with Gasteiger partial charge in [0, 0.05) is 13.1 Å². The Bertz CT molecular complexity index is 307. The molecule has 0 spiro atoms. The molecule has 1 aromatic carbocycles. The highest BCUT2D eigenvalue weighted by molar-refractivity contribution is 5.16. The molecule has 1 fully saturated rings. The van der Waals surface area contributed by atoms with Gasteiger partial charge in [0.2, 0.25) is 0 Å². The van der Waals surface area contributed by atoms with Crippen LogP contribution in [0.4, 0.5) is 0 Å². The van der Waals surface area contributed by atoms with E-state index >= 15 is 0 Å². The van der Waals surface area contributed by atoms with Gasteiger partial charge >= 0.3 is 0 Å². The van der Waals surface area contributed by atoms with E-state index in [1.54, 1.807) is 0 Å². The fraction of sp³-hybridized carbons (Fsp3) is 0.538. The number of hydrogen-bond donors (Lipinski definition) is 1. The average Bonchev–Trinajstić information content (AvgIpc) is 2.33. The zero-order chi connectivity index (χ0) is 11.4. The first-order valence-corrected chi connectivity index (χ1v) is 5.90. The molecule has 1 atom stereocenters. The molecule has 3 nitrogen and oxygen atoms in total. The molecule has 1 aliphatic heterocycles. The molecule has 0 bridgehead atoms. The molecule has 0 amide bonds. The summed E-state index contributed by atoms with van der Waals surface area (Å²) in [6.45, 7) is 3.69. The Morgan fingerprint density at radius 1 is 1.25 bits per heavy atom. The van der Waals surface area contributed by atoms with Gasteiger partial charge in [0.05, 0.1) is 6.10 Å². The first kappa shape index (κ1) is 11.6. The Kier molecular flexibility index (Phi) is 3.93. The third kappa shape index (κ3) is 3.04. The van der Waals surface area contributed by atoms with E-state index in [2.05, 4.69) is 19.1 Å². The van der Waals surface area contributed by atoms with Crippen LogP contribution in [0, 0.1) is 0 Å². The van der Waals surface area contributed by atoms with Crippen LogP contribution in [0.3, 0.4) is 0 Å². The molecule has 1 unspecified atom stereocenters. The van der Waals surface area contributed by atoms with Crippen LogP contribution < -0.4 is 0 Å². The van der Waals surface area contributed by atoms with E-state index < -0.39 is 0 Å². The number of aliphatic hydroxyl groups is 1. The van der Waals surface area contributed by atoms with Crippen molar-refractivity contribution in [3.8, 4) is 0 Å². The van der Waals surface area contributed by atoms with Crippen LogP contribution in [0.1, 0.15) is 31.4 Å². The van der Waals surface area contributed by atoms with E-state index in [1.807, 2.05) is 23.3 Å². The summed E-state index contributed by atoms with van der Waals surface area (Å²) in [5, 5.41) is 11.4. The van der Waals surface area contributed by atoms with E-state index in [9.17, 15) is 5.11 Å². The number of rotatable bonds is 3. The van der Waals surface area contributed by atoms with Crippen molar-refractivity contribution < 1.29 is 9.94 Å². The van der Waals surface area contributed by atoms with E-state index in [0.717, 1.165) is 25.9 Å². The minimum Gasteiger partial charge on any atom is -0.393 e. The van der Waals surface area contributed by atoms with E-state index in [1.165, 1.54) is 5.56 Å². The smallest absolute Gasteiger partial charge is 0.101 e. The summed E-state index contributed by atoms with van der Waals surface area (Å²) < 4.78 is 0. The van der Waals surface area contributed by atoms with Gasteiger partial charge in [-0.15, -0.1) is 0 Å². The van der Waals surface area contributed by atoms with Crippen molar-refractivity contribution in [2.24, 2.45) is 0 Å². The molecular formula is C13H19NO2. The van der Waals surface area contributed by atoms with Crippen molar-refractivity contribution in [1.82, 2.24) is 5.06 Å². The Morgan fingerprint density at radius 3 is 2.50 bits per heavy atom. The number of piperidine rings is 1. The van der Waals surface area contributed by atoms with E-state index in [4.69, 9.17) is 4.84 Å². The number of nitrogens with zero attached hydrogens (tertiary/aromatic N) is 1. The summed E-state index contributed by atoms with van der Waals surface area (Å²) in [7, 11) is 0. The molecule has 2 rings (SSSR count). The Morgan fingerprint density at radius 2 is 1.88 bits per heavy atom. The fourth-order valence-electron chi connectivity index (χ4n) is 1.96. The highest BCUT2D eigenvalue weighted by Gasteiger charge is 2.19. The number of hydroxylamine groups is 2. The molecule has 1 heterocycles. The second-order valence-corrected chi connectivity index (χ2v) is 4.32. The number of hydrogen-bond acceptors (Lipinski definition) is 3. The third-order valence-electron chi connectivity index (χ3n) is 3.00. The Balaban J connectivity index is 1.86. The maximum absolute atomic E-state index is 9.40. The van der Waals surface area contributed by atoms with Crippen LogP contribution in [0.5, 0.6) is 0 Å². The first-order valence-electron chi connectivity index (χ1n) is 5.90. The lowest BCUT2D eigenvalue weighted by molar-refractivity contribution is -0.211. The van der Waals surface area contributed by atoms with Crippen molar-refractivity contribution >= 4 is 0 Å². The molecule has 88 valence electrons. The third-order valence-corrected chi connectivity index (χ3v) is 3.00. The van der Waals surface area contributed by atoms with Crippen LogP contribution in [-0.2, 0) is 4.84 Å². The molecule has 1 aliphatic rings. The molecule has 0 saturated carbocycles. The van der Waals surface area contributed by atoms with Gasteiger partial charge in [-0.3, -0.25) is 4.84 Å². The second-order valence-electron chi connectivity index (χ2n) is 4.32. The van der Waals surface area contributed by atoms with Crippen LogP contribution in [-0.4, -0.2) is 29.4 Å². The number of benzene rings is 1. The van der Waals surface area contributed by atoms with Crippen LogP contribution in [0.2, 0.25) is 0 Å². The van der Waals surface area contributed by atoms with Gasteiger partial charge in [-0.25, -0.2) is 0 Å². The molecule has 3 heteroatoms. The highest BCUT2D eigenvalue weighted by Crippen LogP contribution is 2.20. The summed E-state index contributed by atoms with van der Waals surface area (Å²) in [5.74, 6) is 0. The van der Waals surface area contributed by atoms with Crippen molar-refractivity contribution in [3.05, 3.63) is 35.9 Å². The minimum absolute atomic E-state index is 0.0800. The Labute approximate surface area is 96.6 Å². The van der Waals surface area contributed by atoms with Gasteiger partial charge in [0.15, 0.2) is 0 Å². The van der Waals surface area contributed by atoms with E-state index in [0.29, 0.717) is 0 Å². The summed E-state index contributed by atoms with van der Waals surface area (Å²) >= 11 is 0. The molecule has 16 heavy (non-hydrogen) atoms. The second kappa shape index (κ2) is 5.43. The zero-order valence-electron chi connectivity index (χ0n) is 9.67. The molecule has 1 N–H and O–H groups in total. The topological polar surface area (TPSA) is 32.7 Å². The highest BCUT2D eigenvalue weighted by atomic mass is 16.7. The lowest BCUT2D eigenvalue weighted by Crippen LogP contribution is -2.36. The monoisotopic (exact) mass is 221 g/mol. The SMILES string of the molecule is CC(ON1CCC(O)CC1)c1ccccc1. The maximum Gasteiger partial charge on any atom is 0.101 e. The van der Waals surface area contributed by atoms with Crippen LogP contribution in [0.15, 0.2) is 30.3 Å². The van der Waals surface area contributed by atoms with Crippen LogP contribution in [0.25, 0.3) is 0 Å². The van der Waals surface area contributed by atoms with Gasteiger partial charge in [-0.05, 0) is 25.3 Å². The quantitative estimate of drug-likeness (QED) is 0.848. The van der Waals surface area contributed by atoms with Crippen LogP contribution >= 0.6 is 0 Å². The van der Waals surface area contributed by atoms with Gasteiger partial charge in [-0.1, -0.05) is 30.3 Å². The minimum atomic E-state index is -0.146. The van der Waals surface area contributed by atoms with E-state index in [-0.39, 0.29) is 12.2 Å². The lowest BCUT2D eigenvalue weighted by atomic mass is 10.1. The van der Waals surface area contributed by atoms with Gasteiger partial charge in [0.1, 0.15) is 6.10 Å². The molecule has 1 saturated heterocycles. The maximum atomic E-state index is 9.40. The average molecular weight is 221 g/mol. The normalized spacial score (nSPS) is 20.9. The van der Waals surface area contributed by atoms with Gasteiger partial charge < -0.3 is 5.11 Å². The molecule has 1 aromatic rings.